The highest BCUT2D eigenvalue weighted by Crippen LogP contribution is 2.20. The Morgan fingerprint density at radius 2 is 2.03 bits per heavy atom. The monoisotopic (exact) mass is 423 g/mol. The van der Waals surface area contributed by atoms with Crippen LogP contribution in [0, 0.1) is 5.82 Å². The van der Waals surface area contributed by atoms with Gasteiger partial charge in [0, 0.05) is 35.5 Å². The third kappa shape index (κ3) is 5.30. The van der Waals surface area contributed by atoms with Gasteiger partial charge in [0.1, 0.15) is 18.2 Å². The molecule has 8 heteroatoms. The summed E-state index contributed by atoms with van der Waals surface area (Å²) in [5, 5.41) is 10.6. The van der Waals surface area contributed by atoms with E-state index in [9.17, 15) is 9.18 Å². The Morgan fingerprint density at radius 1 is 1.17 bits per heavy atom. The van der Waals surface area contributed by atoms with E-state index in [0.717, 1.165) is 11.1 Å². The quantitative estimate of drug-likeness (QED) is 0.427. The fraction of sp³-hybridized carbons (Fsp3) is 0.136. The van der Waals surface area contributed by atoms with Crippen molar-refractivity contribution in [1.82, 2.24) is 10.1 Å². The Morgan fingerprint density at radius 3 is 2.83 bits per heavy atom. The Bertz CT molecular complexity index is 1110. The van der Waals surface area contributed by atoms with Crippen LogP contribution in [0.3, 0.4) is 0 Å². The molecule has 2 aromatic carbocycles. The molecular formula is C22H18FN3O3S. The maximum atomic E-state index is 13.0. The summed E-state index contributed by atoms with van der Waals surface area (Å²) in [7, 11) is 0. The maximum absolute atomic E-state index is 13.0. The van der Waals surface area contributed by atoms with Gasteiger partial charge in [-0.15, -0.1) is 0 Å². The number of rotatable bonds is 8. The lowest BCUT2D eigenvalue weighted by molar-refractivity contribution is -0.116. The zero-order chi connectivity index (χ0) is 20.8. The summed E-state index contributed by atoms with van der Waals surface area (Å²) in [6, 6.07) is 15.1. The van der Waals surface area contributed by atoms with Crippen LogP contribution in [0.4, 0.5) is 10.1 Å². The van der Waals surface area contributed by atoms with E-state index in [1.165, 1.54) is 12.1 Å². The second-order valence-electron chi connectivity index (χ2n) is 6.51. The van der Waals surface area contributed by atoms with Gasteiger partial charge in [-0.1, -0.05) is 23.4 Å². The number of halogens is 1. The van der Waals surface area contributed by atoms with Crippen LogP contribution in [0.1, 0.15) is 17.9 Å². The van der Waals surface area contributed by atoms with E-state index in [1.54, 1.807) is 47.7 Å². The van der Waals surface area contributed by atoms with Crippen LogP contribution in [0.15, 0.2) is 69.9 Å². The van der Waals surface area contributed by atoms with E-state index in [4.69, 9.17) is 9.26 Å². The normalized spacial score (nSPS) is 10.7. The number of amides is 1. The Balaban J connectivity index is 1.28. The predicted molar refractivity (Wildman–Crippen MR) is 112 cm³/mol. The zero-order valence-electron chi connectivity index (χ0n) is 15.9. The van der Waals surface area contributed by atoms with E-state index in [2.05, 4.69) is 15.5 Å². The summed E-state index contributed by atoms with van der Waals surface area (Å²) in [5.41, 5.74) is 2.38. The zero-order valence-corrected chi connectivity index (χ0v) is 16.7. The summed E-state index contributed by atoms with van der Waals surface area (Å²) in [6.07, 6.45) is 0.565. The lowest BCUT2D eigenvalue weighted by Crippen LogP contribution is -2.12. The molecule has 152 valence electrons. The molecule has 1 amide bonds. The average molecular weight is 423 g/mol. The van der Waals surface area contributed by atoms with Crippen molar-refractivity contribution in [2.45, 2.75) is 19.4 Å². The topological polar surface area (TPSA) is 77.2 Å². The van der Waals surface area contributed by atoms with Crippen molar-refractivity contribution in [3.63, 3.8) is 0 Å². The summed E-state index contributed by atoms with van der Waals surface area (Å²) in [4.78, 5) is 16.6. The number of anilines is 1. The molecule has 0 aliphatic rings. The van der Waals surface area contributed by atoms with Crippen molar-refractivity contribution < 1.29 is 18.4 Å². The second-order valence-corrected chi connectivity index (χ2v) is 7.29. The minimum Gasteiger partial charge on any atom is -0.489 e. The van der Waals surface area contributed by atoms with Gasteiger partial charge < -0.3 is 14.6 Å². The molecule has 2 heterocycles. The maximum Gasteiger partial charge on any atom is 0.227 e. The van der Waals surface area contributed by atoms with Gasteiger partial charge in [0.2, 0.25) is 17.6 Å². The van der Waals surface area contributed by atoms with Crippen LogP contribution in [-0.4, -0.2) is 16.0 Å². The highest BCUT2D eigenvalue weighted by molar-refractivity contribution is 7.08. The molecule has 30 heavy (non-hydrogen) atoms. The van der Waals surface area contributed by atoms with Crippen molar-refractivity contribution in [2.75, 3.05) is 5.32 Å². The minimum atomic E-state index is -0.285. The molecule has 2 aromatic heterocycles. The largest absolute Gasteiger partial charge is 0.489 e. The van der Waals surface area contributed by atoms with Gasteiger partial charge in [0.25, 0.3) is 0 Å². The van der Waals surface area contributed by atoms with E-state index in [0.29, 0.717) is 36.2 Å². The lowest BCUT2D eigenvalue weighted by atomic mass is 10.2. The van der Waals surface area contributed by atoms with Gasteiger partial charge in [0.15, 0.2) is 0 Å². The number of hydrogen-bond donors (Lipinski definition) is 1. The smallest absolute Gasteiger partial charge is 0.227 e. The number of carbonyl (C=O) groups is 1. The first kappa shape index (κ1) is 19.8. The molecule has 0 saturated heterocycles. The number of ether oxygens (including phenoxy) is 1. The van der Waals surface area contributed by atoms with Crippen LogP contribution < -0.4 is 10.1 Å². The van der Waals surface area contributed by atoms with Crippen molar-refractivity contribution in [3.8, 4) is 17.1 Å². The van der Waals surface area contributed by atoms with Crippen molar-refractivity contribution in [3.05, 3.63) is 82.6 Å². The second kappa shape index (κ2) is 9.32. The number of hydrogen-bond acceptors (Lipinski definition) is 6. The fourth-order valence-electron chi connectivity index (χ4n) is 2.72. The highest BCUT2D eigenvalue weighted by Gasteiger charge is 2.11. The molecular weight excluding hydrogens is 405 g/mol. The SMILES string of the molecule is O=C(CCc1nc(-c2ccsc2)no1)Nc1cccc(OCc2ccc(F)cc2)c1. The van der Waals surface area contributed by atoms with Gasteiger partial charge in [-0.2, -0.15) is 16.3 Å². The molecule has 0 unspecified atom stereocenters. The van der Waals surface area contributed by atoms with E-state index >= 15 is 0 Å². The molecule has 0 spiro atoms. The first-order chi connectivity index (χ1) is 14.7. The summed E-state index contributed by atoms with van der Waals surface area (Å²) in [6.45, 7) is 0.307. The molecule has 0 aliphatic carbocycles. The van der Waals surface area contributed by atoms with E-state index in [-0.39, 0.29) is 18.1 Å². The van der Waals surface area contributed by atoms with Gasteiger partial charge in [-0.3, -0.25) is 4.79 Å². The molecule has 6 nitrogen and oxygen atoms in total. The fourth-order valence-corrected chi connectivity index (χ4v) is 3.35. The first-order valence-electron chi connectivity index (χ1n) is 9.28. The van der Waals surface area contributed by atoms with Gasteiger partial charge in [-0.05, 0) is 41.3 Å². The van der Waals surface area contributed by atoms with Gasteiger partial charge >= 0.3 is 0 Å². The average Bonchev–Trinajstić information content (AvgIpc) is 3.44. The number of aromatic nitrogens is 2. The van der Waals surface area contributed by atoms with Crippen LogP contribution in [0.5, 0.6) is 5.75 Å². The van der Waals surface area contributed by atoms with Crippen LogP contribution in [0.25, 0.3) is 11.4 Å². The summed E-state index contributed by atoms with van der Waals surface area (Å²) in [5.74, 6) is 1.10. The number of thiophene rings is 1. The Hall–Kier alpha value is -3.52. The molecule has 4 aromatic rings. The molecule has 0 saturated carbocycles. The number of aryl methyl sites for hydroxylation is 1. The minimum absolute atomic E-state index is 0.166. The molecule has 0 atom stereocenters. The molecule has 0 fully saturated rings. The Kier molecular flexibility index (Phi) is 6.14. The molecule has 0 radical (unpaired) electrons. The highest BCUT2D eigenvalue weighted by atomic mass is 32.1. The number of carbonyl (C=O) groups excluding carboxylic acids is 1. The van der Waals surface area contributed by atoms with Crippen LogP contribution in [0.2, 0.25) is 0 Å². The van der Waals surface area contributed by atoms with Gasteiger partial charge in [0.05, 0.1) is 0 Å². The third-order valence-electron chi connectivity index (χ3n) is 4.25. The number of nitrogens with zero attached hydrogens (tertiary/aromatic N) is 2. The van der Waals surface area contributed by atoms with E-state index < -0.39 is 0 Å². The van der Waals surface area contributed by atoms with Crippen molar-refractivity contribution in [2.24, 2.45) is 0 Å². The summed E-state index contributed by atoms with van der Waals surface area (Å²) >= 11 is 1.56. The standard InChI is InChI=1S/C22H18FN3O3S/c23-17-6-4-15(5-7-17)13-28-19-3-1-2-18(12-19)24-20(27)8-9-21-25-22(26-29-21)16-10-11-30-14-16/h1-7,10-12,14H,8-9,13H2,(H,24,27). The van der Waals surface area contributed by atoms with Crippen molar-refractivity contribution in [1.29, 1.82) is 0 Å². The molecule has 4 rings (SSSR count). The van der Waals surface area contributed by atoms with Crippen molar-refractivity contribution >= 4 is 22.9 Å². The number of benzene rings is 2. The third-order valence-corrected chi connectivity index (χ3v) is 4.93. The van der Waals surface area contributed by atoms with Gasteiger partial charge in [-0.25, -0.2) is 4.39 Å². The van der Waals surface area contributed by atoms with E-state index in [1.807, 2.05) is 16.8 Å². The molecule has 1 N–H and O–H groups in total. The number of nitrogens with one attached hydrogen (secondary N) is 1. The first-order valence-corrected chi connectivity index (χ1v) is 10.2. The summed E-state index contributed by atoms with van der Waals surface area (Å²) < 4.78 is 23.9. The molecule has 0 aliphatic heterocycles. The Labute approximate surface area is 176 Å². The van der Waals surface area contributed by atoms with Crippen LogP contribution in [-0.2, 0) is 17.8 Å². The van der Waals surface area contributed by atoms with Crippen LogP contribution >= 0.6 is 11.3 Å². The lowest BCUT2D eigenvalue weighted by Gasteiger charge is -2.09. The predicted octanol–water partition coefficient (Wildman–Crippen LogP) is 5.09. The molecule has 0 bridgehead atoms.